The molecule has 4 nitrogen and oxygen atoms in total. The summed E-state index contributed by atoms with van der Waals surface area (Å²) >= 11 is 1.48. The Labute approximate surface area is 132 Å². The lowest BCUT2D eigenvalue weighted by Gasteiger charge is -2.03. The van der Waals surface area contributed by atoms with E-state index in [0.717, 1.165) is 16.8 Å². The number of hydrogen-bond donors (Lipinski definition) is 1. The largest absolute Gasteiger partial charge is 0.508 e. The summed E-state index contributed by atoms with van der Waals surface area (Å²) in [7, 11) is 1.56. The van der Waals surface area contributed by atoms with Crippen molar-refractivity contribution in [2.24, 2.45) is 4.99 Å². The first-order chi connectivity index (χ1) is 10.8. The summed E-state index contributed by atoms with van der Waals surface area (Å²) in [5, 5.41) is 12.1. The van der Waals surface area contributed by atoms with Crippen molar-refractivity contribution in [3.63, 3.8) is 0 Å². The summed E-state index contributed by atoms with van der Waals surface area (Å²) in [6, 6.07) is 14.9. The quantitative estimate of drug-likeness (QED) is 0.732. The molecule has 0 spiro atoms. The van der Waals surface area contributed by atoms with Gasteiger partial charge in [0.25, 0.3) is 0 Å². The lowest BCUT2D eigenvalue weighted by molar-refractivity contribution is 0.407. The number of methoxy groups -OCH3 is 1. The summed E-state index contributed by atoms with van der Waals surface area (Å²) in [6.07, 6.45) is 1.69. The molecule has 1 aromatic heterocycles. The summed E-state index contributed by atoms with van der Waals surface area (Å²) in [6.45, 7) is 0. The Morgan fingerprint density at radius 1 is 1.18 bits per heavy atom. The number of benzene rings is 2. The van der Waals surface area contributed by atoms with Gasteiger partial charge in [-0.15, -0.1) is 11.3 Å². The zero-order chi connectivity index (χ0) is 15.4. The Hall–Kier alpha value is -2.66. The molecule has 3 rings (SSSR count). The van der Waals surface area contributed by atoms with E-state index >= 15 is 0 Å². The molecule has 0 bridgehead atoms. The highest BCUT2D eigenvalue weighted by atomic mass is 32.1. The summed E-state index contributed by atoms with van der Waals surface area (Å²) in [4.78, 5) is 8.88. The molecule has 0 radical (unpaired) electrons. The predicted molar refractivity (Wildman–Crippen MR) is 89.5 cm³/mol. The molecular weight excluding hydrogens is 296 g/mol. The molecule has 1 N–H and O–H groups in total. The third kappa shape index (κ3) is 3.15. The highest BCUT2D eigenvalue weighted by molar-refractivity contribution is 7.13. The first-order valence-corrected chi connectivity index (χ1v) is 7.56. The van der Waals surface area contributed by atoms with Gasteiger partial charge in [0.1, 0.15) is 11.5 Å². The van der Waals surface area contributed by atoms with E-state index in [-0.39, 0.29) is 5.75 Å². The van der Waals surface area contributed by atoms with Crippen LogP contribution in [0.5, 0.6) is 11.5 Å². The second-order valence-electron chi connectivity index (χ2n) is 4.57. The molecule has 0 unspecified atom stereocenters. The lowest BCUT2D eigenvalue weighted by atomic mass is 10.2. The number of hydrogen-bond acceptors (Lipinski definition) is 5. The smallest absolute Gasteiger partial charge is 0.209 e. The van der Waals surface area contributed by atoms with Gasteiger partial charge in [0.15, 0.2) is 0 Å². The van der Waals surface area contributed by atoms with E-state index in [1.54, 1.807) is 31.5 Å². The Bertz CT molecular complexity index is 797. The maximum absolute atomic E-state index is 9.45. The molecular formula is C17H14N2O2S. The van der Waals surface area contributed by atoms with E-state index in [9.17, 15) is 5.11 Å². The van der Waals surface area contributed by atoms with Gasteiger partial charge in [0, 0.05) is 28.8 Å². The second-order valence-corrected chi connectivity index (χ2v) is 5.40. The maximum Gasteiger partial charge on any atom is 0.209 e. The van der Waals surface area contributed by atoms with Crippen LogP contribution in [-0.4, -0.2) is 23.4 Å². The molecule has 0 atom stereocenters. The summed E-state index contributed by atoms with van der Waals surface area (Å²) in [5.74, 6) is 0.734. The first-order valence-electron chi connectivity index (χ1n) is 6.68. The van der Waals surface area contributed by atoms with Crippen LogP contribution in [-0.2, 0) is 0 Å². The molecule has 1 heterocycles. The zero-order valence-corrected chi connectivity index (χ0v) is 12.7. The Balaban J connectivity index is 1.84. The summed E-state index contributed by atoms with van der Waals surface area (Å²) < 4.78 is 5.22. The van der Waals surface area contributed by atoms with Gasteiger partial charge in [-0.2, -0.15) is 0 Å². The molecule has 110 valence electrons. The number of phenols is 1. The molecule has 22 heavy (non-hydrogen) atoms. The van der Waals surface area contributed by atoms with Crippen LogP contribution < -0.4 is 4.74 Å². The number of nitrogens with zero attached hydrogens (tertiary/aromatic N) is 2. The SMILES string of the molecule is COc1cc(O)ccc1/C=N/c1nc(-c2ccccc2)cs1. The highest BCUT2D eigenvalue weighted by Crippen LogP contribution is 2.27. The average molecular weight is 310 g/mol. The number of rotatable bonds is 4. The topological polar surface area (TPSA) is 54.7 Å². The van der Waals surface area contributed by atoms with Crippen molar-refractivity contribution >= 4 is 22.7 Å². The number of phenolic OH excluding ortho intramolecular Hbond substituents is 1. The van der Waals surface area contributed by atoms with Crippen LogP contribution in [0.4, 0.5) is 5.13 Å². The molecule has 0 aliphatic carbocycles. The van der Waals surface area contributed by atoms with Crippen LogP contribution in [0.2, 0.25) is 0 Å². The van der Waals surface area contributed by atoms with Crippen molar-refractivity contribution in [1.82, 2.24) is 4.98 Å². The standard InChI is InChI=1S/C17H14N2O2S/c1-21-16-9-14(20)8-7-13(16)10-18-17-19-15(11-22-17)12-5-3-2-4-6-12/h2-11,20H,1H3/b18-10+. The molecule has 0 amide bonds. The number of ether oxygens (including phenoxy) is 1. The number of aliphatic imine (C=N–C) groups is 1. The van der Waals surface area contributed by atoms with Crippen molar-refractivity contribution < 1.29 is 9.84 Å². The van der Waals surface area contributed by atoms with Crippen molar-refractivity contribution in [1.29, 1.82) is 0 Å². The van der Waals surface area contributed by atoms with Gasteiger partial charge in [-0.1, -0.05) is 30.3 Å². The maximum atomic E-state index is 9.45. The fraction of sp³-hybridized carbons (Fsp3) is 0.0588. The van der Waals surface area contributed by atoms with E-state index in [4.69, 9.17) is 4.74 Å². The van der Waals surface area contributed by atoms with E-state index in [1.807, 2.05) is 35.7 Å². The molecule has 0 aliphatic rings. The fourth-order valence-corrected chi connectivity index (χ4v) is 2.67. The van der Waals surface area contributed by atoms with Crippen LogP contribution in [0.15, 0.2) is 58.9 Å². The second kappa shape index (κ2) is 6.41. The normalized spacial score (nSPS) is 11.0. The Morgan fingerprint density at radius 3 is 2.77 bits per heavy atom. The lowest BCUT2D eigenvalue weighted by Crippen LogP contribution is -1.89. The first kappa shape index (κ1) is 14.3. The third-order valence-corrected chi connectivity index (χ3v) is 3.84. The summed E-state index contributed by atoms with van der Waals surface area (Å²) in [5.41, 5.74) is 2.77. The van der Waals surface area contributed by atoms with Crippen molar-refractivity contribution in [3.8, 4) is 22.8 Å². The molecule has 0 saturated heterocycles. The fourth-order valence-electron chi connectivity index (χ4n) is 2.00. The molecule has 5 heteroatoms. The minimum absolute atomic E-state index is 0.162. The van der Waals surface area contributed by atoms with E-state index < -0.39 is 0 Å². The minimum Gasteiger partial charge on any atom is -0.508 e. The van der Waals surface area contributed by atoms with Gasteiger partial charge in [0.05, 0.1) is 12.8 Å². The van der Waals surface area contributed by atoms with Gasteiger partial charge >= 0.3 is 0 Å². The monoisotopic (exact) mass is 310 g/mol. The molecule has 0 fully saturated rings. The van der Waals surface area contributed by atoms with Gasteiger partial charge in [0.2, 0.25) is 5.13 Å². The molecule has 3 aromatic rings. The van der Waals surface area contributed by atoms with Gasteiger partial charge in [-0.25, -0.2) is 9.98 Å². The molecule has 0 aliphatic heterocycles. The van der Waals surface area contributed by atoms with Gasteiger partial charge < -0.3 is 9.84 Å². The van der Waals surface area contributed by atoms with Crippen LogP contribution >= 0.6 is 11.3 Å². The molecule has 0 saturated carbocycles. The number of aromatic hydroxyl groups is 1. The van der Waals surface area contributed by atoms with E-state index in [1.165, 1.54) is 11.3 Å². The van der Waals surface area contributed by atoms with E-state index in [0.29, 0.717) is 10.9 Å². The zero-order valence-electron chi connectivity index (χ0n) is 11.9. The van der Waals surface area contributed by atoms with Crippen molar-refractivity contribution in [2.45, 2.75) is 0 Å². The van der Waals surface area contributed by atoms with Gasteiger partial charge in [-0.05, 0) is 12.1 Å². The predicted octanol–water partition coefficient (Wildman–Crippen LogP) is 4.27. The average Bonchev–Trinajstić information content (AvgIpc) is 3.03. The van der Waals surface area contributed by atoms with E-state index in [2.05, 4.69) is 9.98 Å². The molecule has 2 aromatic carbocycles. The highest BCUT2D eigenvalue weighted by Gasteiger charge is 2.04. The Kier molecular flexibility index (Phi) is 4.16. The minimum atomic E-state index is 0.162. The number of thiazole rings is 1. The van der Waals surface area contributed by atoms with Crippen LogP contribution in [0.1, 0.15) is 5.56 Å². The van der Waals surface area contributed by atoms with Gasteiger partial charge in [-0.3, -0.25) is 0 Å². The Morgan fingerprint density at radius 2 is 2.00 bits per heavy atom. The van der Waals surface area contributed by atoms with Crippen LogP contribution in [0.25, 0.3) is 11.3 Å². The van der Waals surface area contributed by atoms with Crippen molar-refractivity contribution in [2.75, 3.05) is 7.11 Å². The third-order valence-electron chi connectivity index (χ3n) is 3.09. The number of aromatic nitrogens is 1. The van der Waals surface area contributed by atoms with Crippen molar-refractivity contribution in [3.05, 3.63) is 59.5 Å². The van der Waals surface area contributed by atoms with Crippen LogP contribution in [0.3, 0.4) is 0 Å². The van der Waals surface area contributed by atoms with Crippen LogP contribution in [0, 0.1) is 0 Å².